The van der Waals surface area contributed by atoms with E-state index in [9.17, 15) is 9.18 Å². The Kier molecular flexibility index (Phi) is 3.84. The highest BCUT2D eigenvalue weighted by atomic mass is 32.1. The standard InChI is InChI=1S/C16H12FN3O2S/c1-9(8-18)22-16(21)14-7-13-10(2)19-20(15(13)23-14)12-5-3-11(17)4-6-12/h3-7,9H,1-2H3/t9-/m1/s1. The van der Waals surface area contributed by atoms with Crippen LogP contribution in [-0.4, -0.2) is 21.9 Å². The van der Waals surface area contributed by atoms with E-state index in [4.69, 9.17) is 10.00 Å². The van der Waals surface area contributed by atoms with Gasteiger partial charge in [-0.2, -0.15) is 10.4 Å². The van der Waals surface area contributed by atoms with Crippen molar-refractivity contribution < 1.29 is 13.9 Å². The highest BCUT2D eigenvalue weighted by Crippen LogP contribution is 2.31. The molecule has 0 aliphatic rings. The van der Waals surface area contributed by atoms with Crippen molar-refractivity contribution in [2.45, 2.75) is 20.0 Å². The van der Waals surface area contributed by atoms with Crippen molar-refractivity contribution in [3.05, 3.63) is 46.7 Å². The maximum absolute atomic E-state index is 13.1. The summed E-state index contributed by atoms with van der Waals surface area (Å²) in [4.78, 5) is 13.2. The van der Waals surface area contributed by atoms with Gasteiger partial charge in [0.25, 0.3) is 0 Å². The van der Waals surface area contributed by atoms with Crippen molar-refractivity contribution in [3.63, 3.8) is 0 Å². The van der Waals surface area contributed by atoms with E-state index in [2.05, 4.69) is 5.10 Å². The summed E-state index contributed by atoms with van der Waals surface area (Å²) in [7, 11) is 0. The molecule has 0 saturated heterocycles. The largest absolute Gasteiger partial charge is 0.443 e. The number of nitrogens with zero attached hydrogens (tertiary/aromatic N) is 3. The topological polar surface area (TPSA) is 67.9 Å². The van der Waals surface area contributed by atoms with Gasteiger partial charge < -0.3 is 4.74 Å². The first kappa shape index (κ1) is 15.2. The fraction of sp³-hybridized carbons (Fsp3) is 0.188. The number of aryl methyl sites for hydroxylation is 1. The number of halogens is 1. The van der Waals surface area contributed by atoms with Gasteiger partial charge in [0, 0.05) is 5.39 Å². The molecule has 3 aromatic rings. The molecule has 0 aliphatic heterocycles. The fourth-order valence-corrected chi connectivity index (χ4v) is 3.22. The lowest BCUT2D eigenvalue weighted by Gasteiger charge is -2.04. The van der Waals surface area contributed by atoms with E-state index in [1.54, 1.807) is 22.9 Å². The summed E-state index contributed by atoms with van der Waals surface area (Å²) in [5.74, 6) is -0.861. The van der Waals surface area contributed by atoms with E-state index in [0.29, 0.717) is 10.6 Å². The quantitative estimate of drug-likeness (QED) is 0.689. The number of carbonyl (C=O) groups excluding carboxylic acids is 1. The monoisotopic (exact) mass is 329 g/mol. The predicted octanol–water partition coefficient (Wildman–Crippen LogP) is 3.60. The Bertz CT molecular complexity index is 921. The van der Waals surface area contributed by atoms with E-state index >= 15 is 0 Å². The predicted molar refractivity (Wildman–Crippen MR) is 84.1 cm³/mol. The van der Waals surface area contributed by atoms with Crippen LogP contribution in [-0.2, 0) is 4.74 Å². The molecular weight excluding hydrogens is 317 g/mol. The molecule has 0 radical (unpaired) electrons. The smallest absolute Gasteiger partial charge is 0.349 e. The first-order valence-electron chi connectivity index (χ1n) is 6.85. The molecule has 0 amide bonds. The normalized spacial score (nSPS) is 12.1. The number of esters is 1. The van der Waals surface area contributed by atoms with E-state index in [-0.39, 0.29) is 5.82 Å². The minimum Gasteiger partial charge on any atom is -0.443 e. The fourth-order valence-electron chi connectivity index (χ4n) is 2.15. The lowest BCUT2D eigenvalue weighted by Crippen LogP contribution is -2.11. The third-order valence-electron chi connectivity index (χ3n) is 3.28. The zero-order valence-corrected chi connectivity index (χ0v) is 13.2. The molecule has 2 heterocycles. The molecule has 0 aliphatic carbocycles. The zero-order chi connectivity index (χ0) is 16.6. The average molecular weight is 329 g/mol. The molecular formula is C16H12FN3O2S. The lowest BCUT2D eigenvalue weighted by atomic mass is 10.3. The first-order chi connectivity index (χ1) is 11.0. The van der Waals surface area contributed by atoms with Gasteiger partial charge in [-0.15, -0.1) is 11.3 Å². The van der Waals surface area contributed by atoms with Crippen molar-refractivity contribution in [1.29, 1.82) is 5.26 Å². The number of ether oxygens (including phenoxy) is 1. The van der Waals surface area contributed by atoms with Crippen molar-refractivity contribution in [1.82, 2.24) is 9.78 Å². The minimum absolute atomic E-state index is 0.324. The number of hydrogen-bond acceptors (Lipinski definition) is 5. The van der Waals surface area contributed by atoms with Gasteiger partial charge in [0.1, 0.15) is 21.6 Å². The van der Waals surface area contributed by atoms with Gasteiger partial charge in [-0.3, -0.25) is 0 Å². The third-order valence-corrected chi connectivity index (χ3v) is 4.37. The highest BCUT2D eigenvalue weighted by molar-refractivity contribution is 7.20. The van der Waals surface area contributed by atoms with Crippen LogP contribution < -0.4 is 0 Å². The molecule has 1 aromatic carbocycles. The van der Waals surface area contributed by atoms with E-state index in [1.165, 1.54) is 30.4 Å². The van der Waals surface area contributed by atoms with E-state index < -0.39 is 12.1 Å². The molecule has 0 spiro atoms. The molecule has 0 N–H and O–H groups in total. The van der Waals surface area contributed by atoms with Crippen LogP contribution in [0.3, 0.4) is 0 Å². The molecule has 0 bridgehead atoms. The highest BCUT2D eigenvalue weighted by Gasteiger charge is 2.19. The number of benzene rings is 1. The Balaban J connectivity index is 2.03. The van der Waals surface area contributed by atoms with Gasteiger partial charge >= 0.3 is 5.97 Å². The van der Waals surface area contributed by atoms with Crippen molar-refractivity contribution in [2.24, 2.45) is 0 Å². The SMILES string of the molecule is Cc1nn(-c2ccc(F)cc2)c2sc(C(=O)O[C@H](C)C#N)cc12. The lowest BCUT2D eigenvalue weighted by molar-refractivity contribution is 0.0441. The van der Waals surface area contributed by atoms with Crippen LogP contribution in [0.4, 0.5) is 4.39 Å². The maximum Gasteiger partial charge on any atom is 0.349 e. The summed E-state index contributed by atoms with van der Waals surface area (Å²) in [5.41, 5.74) is 1.46. The molecule has 0 unspecified atom stereocenters. The second kappa shape index (κ2) is 5.82. The van der Waals surface area contributed by atoms with E-state index in [1.807, 2.05) is 13.0 Å². The summed E-state index contributed by atoms with van der Waals surface area (Å²) in [6.07, 6.45) is -0.803. The summed E-state index contributed by atoms with van der Waals surface area (Å²) in [6.45, 7) is 3.35. The molecule has 3 rings (SSSR count). The number of nitriles is 1. The Hall–Kier alpha value is -2.72. The van der Waals surface area contributed by atoms with Crippen molar-refractivity contribution >= 4 is 27.5 Å². The first-order valence-corrected chi connectivity index (χ1v) is 7.67. The Morgan fingerprint density at radius 2 is 2.13 bits per heavy atom. The summed E-state index contributed by atoms with van der Waals surface area (Å²) >= 11 is 1.23. The number of thiophene rings is 1. The second-order valence-corrected chi connectivity index (χ2v) is 6.01. The number of fused-ring (bicyclic) bond motifs is 1. The van der Waals surface area contributed by atoms with Gasteiger partial charge in [0.2, 0.25) is 0 Å². The van der Waals surface area contributed by atoms with Gasteiger partial charge in [-0.05, 0) is 44.2 Å². The summed E-state index contributed by atoms with van der Waals surface area (Å²) in [5, 5.41) is 14.0. The molecule has 5 nitrogen and oxygen atoms in total. The van der Waals surface area contributed by atoms with Crippen LogP contribution >= 0.6 is 11.3 Å². The van der Waals surface area contributed by atoms with E-state index in [0.717, 1.165) is 15.9 Å². The third kappa shape index (κ3) is 2.81. The number of aromatic nitrogens is 2. The van der Waals surface area contributed by atoms with Crippen LogP contribution in [0.15, 0.2) is 30.3 Å². The van der Waals surface area contributed by atoms with Gasteiger partial charge in [-0.1, -0.05) is 0 Å². The minimum atomic E-state index is -0.803. The summed E-state index contributed by atoms with van der Waals surface area (Å²) in [6, 6.07) is 9.52. The van der Waals surface area contributed by atoms with Crippen molar-refractivity contribution in [2.75, 3.05) is 0 Å². The van der Waals surface area contributed by atoms with Crippen LogP contribution in [0, 0.1) is 24.1 Å². The maximum atomic E-state index is 13.1. The molecule has 0 saturated carbocycles. The van der Waals surface area contributed by atoms with Crippen LogP contribution in [0.1, 0.15) is 22.3 Å². The van der Waals surface area contributed by atoms with Crippen LogP contribution in [0.2, 0.25) is 0 Å². The number of hydrogen-bond donors (Lipinski definition) is 0. The average Bonchev–Trinajstić information content (AvgIpc) is 3.09. The Morgan fingerprint density at radius 3 is 2.78 bits per heavy atom. The van der Waals surface area contributed by atoms with Crippen molar-refractivity contribution in [3.8, 4) is 11.8 Å². The summed E-state index contributed by atoms with van der Waals surface area (Å²) < 4.78 is 19.8. The molecule has 23 heavy (non-hydrogen) atoms. The van der Waals surface area contributed by atoms with Crippen LogP contribution in [0.25, 0.3) is 15.9 Å². The molecule has 7 heteroatoms. The Labute approximate surface area is 135 Å². The second-order valence-electron chi connectivity index (χ2n) is 4.98. The molecule has 0 fully saturated rings. The molecule has 116 valence electrons. The van der Waals surface area contributed by atoms with Gasteiger partial charge in [0.05, 0.1) is 11.4 Å². The number of rotatable bonds is 3. The molecule has 2 aromatic heterocycles. The zero-order valence-electron chi connectivity index (χ0n) is 12.4. The van der Waals surface area contributed by atoms with Gasteiger partial charge in [-0.25, -0.2) is 13.9 Å². The van der Waals surface area contributed by atoms with Gasteiger partial charge in [0.15, 0.2) is 6.10 Å². The molecule has 1 atom stereocenters. The van der Waals surface area contributed by atoms with Crippen LogP contribution in [0.5, 0.6) is 0 Å². The Morgan fingerprint density at radius 1 is 1.43 bits per heavy atom. The number of carbonyl (C=O) groups is 1.